The predicted molar refractivity (Wildman–Crippen MR) is 52.2 cm³/mol. The molecule has 2 aliphatic heterocycles. The van der Waals surface area contributed by atoms with E-state index in [1.54, 1.807) is 0 Å². The van der Waals surface area contributed by atoms with Crippen molar-refractivity contribution in [2.24, 2.45) is 5.41 Å². The van der Waals surface area contributed by atoms with E-state index in [0.717, 1.165) is 12.1 Å². The second kappa shape index (κ2) is 2.73. The van der Waals surface area contributed by atoms with Gasteiger partial charge in [0.05, 0.1) is 0 Å². The molecule has 2 aliphatic rings. The first kappa shape index (κ1) is 8.55. The minimum absolute atomic E-state index is 0.491. The molecule has 0 aliphatic carbocycles. The molecule has 0 unspecified atom stereocenters. The van der Waals surface area contributed by atoms with Crippen LogP contribution in [0.5, 0.6) is 0 Å². The van der Waals surface area contributed by atoms with Crippen LogP contribution in [0.1, 0.15) is 46.5 Å². The average Bonchev–Trinajstić information content (AvgIpc) is 2.46. The number of hydrogen-bond donors (Lipinski definition) is 0. The molecule has 1 nitrogen and oxygen atoms in total. The van der Waals surface area contributed by atoms with E-state index >= 15 is 0 Å². The Kier molecular flexibility index (Phi) is 1.95. The van der Waals surface area contributed by atoms with Gasteiger partial charge in [0.25, 0.3) is 0 Å². The molecule has 2 heterocycles. The Hall–Kier alpha value is -0.0400. The minimum Gasteiger partial charge on any atom is -0.297 e. The van der Waals surface area contributed by atoms with Gasteiger partial charge in [0, 0.05) is 18.6 Å². The van der Waals surface area contributed by atoms with E-state index in [-0.39, 0.29) is 0 Å². The van der Waals surface area contributed by atoms with Crippen LogP contribution < -0.4 is 0 Å². The molecule has 2 rings (SSSR count). The Labute approximate surface area is 76.1 Å². The number of nitrogens with zero attached hydrogens (tertiary/aromatic N) is 1. The molecular weight excluding hydrogens is 146 g/mol. The van der Waals surface area contributed by atoms with Crippen LogP contribution in [0.15, 0.2) is 0 Å². The summed E-state index contributed by atoms with van der Waals surface area (Å²) in [5.41, 5.74) is 0.491. The summed E-state index contributed by atoms with van der Waals surface area (Å²) in [4.78, 5) is 2.76. The van der Waals surface area contributed by atoms with Crippen LogP contribution in [0.4, 0.5) is 0 Å². The van der Waals surface area contributed by atoms with Gasteiger partial charge < -0.3 is 0 Å². The maximum atomic E-state index is 2.76. The summed E-state index contributed by atoms with van der Waals surface area (Å²) >= 11 is 0. The highest BCUT2D eigenvalue weighted by atomic mass is 15.2. The van der Waals surface area contributed by atoms with Crippen LogP contribution in [-0.4, -0.2) is 23.5 Å². The van der Waals surface area contributed by atoms with E-state index in [1.807, 2.05) is 0 Å². The van der Waals surface area contributed by atoms with Crippen molar-refractivity contribution in [2.75, 3.05) is 6.54 Å². The molecule has 12 heavy (non-hydrogen) atoms. The quantitative estimate of drug-likeness (QED) is 0.580. The van der Waals surface area contributed by atoms with Crippen molar-refractivity contribution in [3.05, 3.63) is 0 Å². The Morgan fingerprint density at radius 2 is 1.42 bits per heavy atom. The van der Waals surface area contributed by atoms with Gasteiger partial charge in [-0.1, -0.05) is 20.8 Å². The Morgan fingerprint density at radius 3 is 1.75 bits per heavy atom. The topological polar surface area (TPSA) is 3.24 Å². The highest BCUT2D eigenvalue weighted by Crippen LogP contribution is 2.39. The fraction of sp³-hybridized carbons (Fsp3) is 1.00. The first-order chi connectivity index (χ1) is 5.56. The van der Waals surface area contributed by atoms with Crippen LogP contribution >= 0.6 is 0 Å². The van der Waals surface area contributed by atoms with Crippen molar-refractivity contribution >= 4 is 0 Å². The maximum absolute atomic E-state index is 2.76. The molecule has 0 amide bonds. The molecule has 70 valence electrons. The molecule has 0 radical (unpaired) electrons. The summed E-state index contributed by atoms with van der Waals surface area (Å²) < 4.78 is 0. The third kappa shape index (κ3) is 1.52. The lowest BCUT2D eigenvalue weighted by molar-refractivity contribution is 0.174. The molecule has 0 atom stereocenters. The highest BCUT2D eigenvalue weighted by Gasteiger charge is 2.40. The molecule has 0 aromatic heterocycles. The number of rotatable bonds is 1. The van der Waals surface area contributed by atoms with Gasteiger partial charge in [-0.05, 0) is 31.1 Å². The lowest BCUT2D eigenvalue weighted by atomic mass is 9.96. The van der Waals surface area contributed by atoms with Crippen molar-refractivity contribution in [3.8, 4) is 0 Å². The molecule has 1 heteroatoms. The van der Waals surface area contributed by atoms with Gasteiger partial charge in [0.1, 0.15) is 0 Å². The lowest BCUT2D eigenvalue weighted by Gasteiger charge is -2.29. The van der Waals surface area contributed by atoms with Crippen LogP contribution in [-0.2, 0) is 0 Å². The normalized spacial score (nSPS) is 36.2. The van der Waals surface area contributed by atoms with E-state index in [4.69, 9.17) is 0 Å². The van der Waals surface area contributed by atoms with Crippen molar-refractivity contribution in [1.82, 2.24) is 4.90 Å². The first-order valence-electron chi connectivity index (χ1n) is 5.32. The van der Waals surface area contributed by atoms with Crippen molar-refractivity contribution in [1.29, 1.82) is 0 Å². The van der Waals surface area contributed by atoms with Gasteiger partial charge >= 0.3 is 0 Å². The summed E-state index contributed by atoms with van der Waals surface area (Å²) in [7, 11) is 0. The van der Waals surface area contributed by atoms with Crippen molar-refractivity contribution < 1.29 is 0 Å². The maximum Gasteiger partial charge on any atom is 0.00995 e. The summed E-state index contributed by atoms with van der Waals surface area (Å²) in [6.07, 6.45) is 5.89. The summed E-state index contributed by atoms with van der Waals surface area (Å²) in [6, 6.07) is 1.91. The van der Waals surface area contributed by atoms with E-state index in [2.05, 4.69) is 25.7 Å². The van der Waals surface area contributed by atoms with Gasteiger partial charge in [0.15, 0.2) is 0 Å². The molecule has 2 fully saturated rings. The van der Waals surface area contributed by atoms with E-state index < -0.39 is 0 Å². The zero-order chi connectivity index (χ0) is 8.77. The second-order valence-corrected chi connectivity index (χ2v) is 5.70. The Balaban J connectivity index is 1.97. The summed E-state index contributed by atoms with van der Waals surface area (Å²) in [5, 5.41) is 0. The van der Waals surface area contributed by atoms with Crippen LogP contribution in [0.25, 0.3) is 0 Å². The predicted octanol–water partition coefficient (Wildman–Crippen LogP) is 2.66. The molecule has 2 saturated heterocycles. The summed E-state index contributed by atoms with van der Waals surface area (Å²) in [6.45, 7) is 8.36. The Morgan fingerprint density at radius 1 is 1.00 bits per heavy atom. The third-order valence-electron chi connectivity index (χ3n) is 3.26. The van der Waals surface area contributed by atoms with E-state index in [0.29, 0.717) is 5.41 Å². The van der Waals surface area contributed by atoms with E-state index in [1.165, 1.54) is 32.2 Å². The molecule has 0 spiro atoms. The summed E-state index contributed by atoms with van der Waals surface area (Å²) in [5.74, 6) is 0. The highest BCUT2D eigenvalue weighted by molar-refractivity contribution is 4.95. The monoisotopic (exact) mass is 167 g/mol. The van der Waals surface area contributed by atoms with Gasteiger partial charge in [0.2, 0.25) is 0 Å². The molecule has 0 saturated carbocycles. The standard InChI is InChI=1S/C11H21N/c1-11(2,3)8-12-9-4-5-10(12)7-6-9/h9-10H,4-8H2,1-3H3. The van der Waals surface area contributed by atoms with Gasteiger partial charge in [-0.25, -0.2) is 0 Å². The molecular formula is C11H21N. The van der Waals surface area contributed by atoms with Crippen molar-refractivity contribution in [3.63, 3.8) is 0 Å². The van der Waals surface area contributed by atoms with Gasteiger partial charge in [-0.3, -0.25) is 4.90 Å². The fourth-order valence-corrected chi connectivity index (χ4v) is 2.83. The number of hydrogen-bond acceptors (Lipinski definition) is 1. The largest absolute Gasteiger partial charge is 0.297 e. The van der Waals surface area contributed by atoms with Gasteiger partial charge in [-0.15, -0.1) is 0 Å². The molecule has 0 N–H and O–H groups in total. The zero-order valence-corrected chi connectivity index (χ0v) is 8.64. The molecule has 0 aromatic rings. The third-order valence-corrected chi connectivity index (χ3v) is 3.26. The average molecular weight is 167 g/mol. The lowest BCUT2D eigenvalue weighted by Crippen LogP contribution is -2.36. The van der Waals surface area contributed by atoms with Crippen LogP contribution in [0, 0.1) is 5.41 Å². The van der Waals surface area contributed by atoms with Gasteiger partial charge in [-0.2, -0.15) is 0 Å². The Bertz CT molecular complexity index is 148. The van der Waals surface area contributed by atoms with E-state index in [9.17, 15) is 0 Å². The molecule has 2 bridgehead atoms. The van der Waals surface area contributed by atoms with Crippen molar-refractivity contribution in [2.45, 2.75) is 58.5 Å². The fourth-order valence-electron chi connectivity index (χ4n) is 2.83. The molecule has 0 aromatic carbocycles. The minimum atomic E-state index is 0.491. The number of fused-ring (bicyclic) bond motifs is 2. The SMILES string of the molecule is CC(C)(C)CN1C2CCC1CC2. The zero-order valence-electron chi connectivity index (χ0n) is 8.64. The van der Waals surface area contributed by atoms with Crippen LogP contribution in [0.3, 0.4) is 0 Å². The van der Waals surface area contributed by atoms with Crippen LogP contribution in [0.2, 0.25) is 0 Å². The smallest absolute Gasteiger partial charge is 0.00995 e. The second-order valence-electron chi connectivity index (χ2n) is 5.70. The first-order valence-corrected chi connectivity index (χ1v) is 5.32.